The molecule has 9 heteroatoms. The highest BCUT2D eigenvalue weighted by molar-refractivity contribution is 7.02. The van der Waals surface area contributed by atoms with E-state index in [4.69, 9.17) is 9.47 Å². The number of carbonyl (C=O) groups excluding carboxylic acids is 1. The van der Waals surface area contributed by atoms with Crippen LogP contribution in [-0.4, -0.2) is 77.1 Å². The number of benzene rings is 2. The van der Waals surface area contributed by atoms with E-state index in [1.54, 1.807) is 0 Å². The number of alkyl halides is 2. The van der Waals surface area contributed by atoms with E-state index in [0.29, 0.717) is 56.1 Å². The Kier molecular flexibility index (Phi) is 7.17. The van der Waals surface area contributed by atoms with E-state index in [0.717, 1.165) is 38.5 Å². The molecule has 6 rings (SSSR count). The zero-order chi connectivity index (χ0) is 29.8. The van der Waals surface area contributed by atoms with Gasteiger partial charge in [0.2, 0.25) is 0 Å². The van der Waals surface area contributed by atoms with Gasteiger partial charge in [0.25, 0.3) is 0 Å². The first-order chi connectivity index (χ1) is 20.2. The van der Waals surface area contributed by atoms with Crippen LogP contribution in [-0.2, 0) is 0 Å². The lowest BCUT2D eigenvalue weighted by molar-refractivity contribution is -0.507. The third-order valence-corrected chi connectivity index (χ3v) is 12.9. The van der Waals surface area contributed by atoms with Crippen molar-refractivity contribution in [3.63, 3.8) is 0 Å². The Bertz CT molecular complexity index is 1600. The van der Waals surface area contributed by atoms with Gasteiger partial charge in [0.05, 0.1) is 25.8 Å². The number of halogens is 2. The number of anilines is 1. The molecule has 0 bridgehead atoms. The largest absolute Gasteiger partial charge is 0.545 e. The van der Waals surface area contributed by atoms with Gasteiger partial charge < -0.3 is 24.3 Å². The summed E-state index contributed by atoms with van der Waals surface area (Å²) in [6, 6.07) is 9.17. The van der Waals surface area contributed by atoms with Crippen molar-refractivity contribution in [1.29, 1.82) is 0 Å². The maximum atomic E-state index is 14.2. The number of nitrogens with zero attached hydrogens (tertiary/aromatic N) is 2. The molecule has 2 aromatic carbocycles. The van der Waals surface area contributed by atoms with Crippen LogP contribution in [0.3, 0.4) is 0 Å². The van der Waals surface area contributed by atoms with Crippen LogP contribution in [0.25, 0.3) is 5.57 Å². The normalized spacial score (nSPS) is 26.6. The SMILES string of the molecule is C=C[Si]1(C)C2=CC(=[N+]3CCC(F)C3)C=CC2=C(c2c(OC)cc(C(=O)[O-])cc2OC)c2ccc(N3CCC(F)C3)cc21. The number of allylic oxidation sites excluding steroid dienone is 5. The molecule has 0 amide bonds. The van der Waals surface area contributed by atoms with E-state index in [2.05, 4.69) is 52.6 Å². The summed E-state index contributed by atoms with van der Waals surface area (Å²) in [6.07, 6.45) is 5.54. The number of ether oxygens (including phenoxy) is 2. The number of aromatic carboxylic acids is 1. The summed E-state index contributed by atoms with van der Waals surface area (Å²) >= 11 is 0. The van der Waals surface area contributed by atoms with E-state index < -0.39 is 26.4 Å². The number of carbonyl (C=O) groups is 1. The molecule has 42 heavy (non-hydrogen) atoms. The first-order valence-corrected chi connectivity index (χ1v) is 16.8. The molecule has 2 fully saturated rings. The minimum atomic E-state index is -2.59. The summed E-state index contributed by atoms with van der Waals surface area (Å²) in [5.74, 6) is -0.642. The molecule has 0 radical (unpaired) electrons. The van der Waals surface area contributed by atoms with Gasteiger partial charge in [0.15, 0.2) is 18.4 Å². The van der Waals surface area contributed by atoms with Crippen LogP contribution in [0.2, 0.25) is 6.55 Å². The summed E-state index contributed by atoms with van der Waals surface area (Å²) in [5, 5.41) is 14.0. The highest BCUT2D eigenvalue weighted by Gasteiger charge is 2.44. The number of hydrogen-bond acceptors (Lipinski definition) is 5. The third kappa shape index (κ3) is 4.50. The number of hydrogen-bond donors (Lipinski definition) is 0. The molecule has 3 atom stereocenters. The smallest absolute Gasteiger partial charge is 0.199 e. The second kappa shape index (κ2) is 10.7. The molecule has 4 aliphatic rings. The van der Waals surface area contributed by atoms with Crippen LogP contribution in [0.5, 0.6) is 11.5 Å². The van der Waals surface area contributed by atoms with Gasteiger partial charge >= 0.3 is 0 Å². The quantitative estimate of drug-likeness (QED) is 0.381. The van der Waals surface area contributed by atoms with Crippen LogP contribution < -0.4 is 24.7 Å². The molecule has 3 aliphatic heterocycles. The fraction of sp³-hybridized carbons (Fsp3) is 0.333. The zero-order valence-corrected chi connectivity index (χ0v) is 25.1. The summed E-state index contributed by atoms with van der Waals surface area (Å²) in [4.78, 5) is 13.9. The van der Waals surface area contributed by atoms with Gasteiger partial charge in [-0.2, -0.15) is 0 Å². The Balaban J connectivity index is 1.66. The Hall–Kier alpha value is -3.98. The molecule has 6 nitrogen and oxygen atoms in total. The molecule has 2 saturated heterocycles. The van der Waals surface area contributed by atoms with E-state index in [9.17, 15) is 18.7 Å². The molecule has 218 valence electrons. The molecule has 3 heterocycles. The van der Waals surface area contributed by atoms with Crippen molar-refractivity contribution in [3.05, 3.63) is 88.3 Å². The predicted octanol–water partition coefficient (Wildman–Crippen LogP) is 3.67. The van der Waals surface area contributed by atoms with Gasteiger partial charge in [-0.3, -0.25) is 0 Å². The third-order valence-electron chi connectivity index (χ3n) is 9.06. The van der Waals surface area contributed by atoms with Crippen LogP contribution in [0.1, 0.15) is 34.3 Å². The predicted molar refractivity (Wildman–Crippen MR) is 161 cm³/mol. The minimum absolute atomic E-state index is 0.0510. The average Bonchev–Trinajstić information content (AvgIpc) is 3.64. The molecule has 0 N–H and O–H groups in total. The Labute approximate surface area is 245 Å². The average molecular weight is 589 g/mol. The first-order valence-electron chi connectivity index (χ1n) is 14.2. The molecular weight excluding hydrogens is 554 g/mol. The number of methoxy groups -OCH3 is 2. The molecule has 0 aromatic heterocycles. The lowest BCUT2D eigenvalue weighted by Gasteiger charge is -2.39. The summed E-state index contributed by atoms with van der Waals surface area (Å²) in [5.41, 5.74) is 7.33. The summed E-state index contributed by atoms with van der Waals surface area (Å²) in [6.45, 7) is 8.57. The minimum Gasteiger partial charge on any atom is -0.545 e. The molecular formula is C33H34F2N2O4Si. The van der Waals surface area contributed by atoms with Crippen molar-refractivity contribution in [2.75, 3.05) is 45.3 Å². The molecule has 0 spiro atoms. The summed E-state index contributed by atoms with van der Waals surface area (Å²) < 4.78 is 42.1. The van der Waals surface area contributed by atoms with E-state index in [-0.39, 0.29) is 5.56 Å². The van der Waals surface area contributed by atoms with Crippen LogP contribution in [0.4, 0.5) is 14.5 Å². The van der Waals surface area contributed by atoms with Gasteiger partial charge in [-0.1, -0.05) is 18.3 Å². The van der Waals surface area contributed by atoms with Crippen molar-refractivity contribution in [1.82, 2.24) is 0 Å². The monoisotopic (exact) mass is 588 g/mol. The molecule has 3 unspecified atom stereocenters. The second-order valence-electron chi connectivity index (χ2n) is 11.4. The van der Waals surface area contributed by atoms with Crippen LogP contribution in [0.15, 0.2) is 71.6 Å². The van der Waals surface area contributed by atoms with E-state index in [1.165, 1.54) is 26.4 Å². The Morgan fingerprint density at radius 3 is 2.43 bits per heavy atom. The fourth-order valence-electron chi connectivity index (χ4n) is 6.71. The maximum absolute atomic E-state index is 14.2. The van der Waals surface area contributed by atoms with Crippen molar-refractivity contribution in [2.24, 2.45) is 0 Å². The van der Waals surface area contributed by atoms with Crippen LogP contribution in [0, 0.1) is 0 Å². The topological polar surface area (TPSA) is 64.8 Å². The van der Waals surface area contributed by atoms with Crippen molar-refractivity contribution in [2.45, 2.75) is 31.7 Å². The summed E-state index contributed by atoms with van der Waals surface area (Å²) in [7, 11) is 0.405. The van der Waals surface area contributed by atoms with Gasteiger partial charge in [-0.25, -0.2) is 13.4 Å². The Morgan fingerprint density at radius 2 is 1.86 bits per heavy atom. The lowest BCUT2D eigenvalue weighted by atomic mass is 9.88. The van der Waals surface area contributed by atoms with Crippen molar-refractivity contribution < 1.29 is 32.7 Å². The highest BCUT2D eigenvalue weighted by atomic mass is 28.3. The highest BCUT2D eigenvalue weighted by Crippen LogP contribution is 2.48. The first kappa shape index (κ1) is 28.2. The number of rotatable bonds is 6. The second-order valence-corrected chi connectivity index (χ2v) is 15.3. The number of carboxylic acids is 1. The molecule has 1 aliphatic carbocycles. The van der Waals surface area contributed by atoms with E-state index >= 15 is 0 Å². The van der Waals surface area contributed by atoms with Crippen molar-refractivity contribution in [3.8, 4) is 11.5 Å². The number of carboxylic acid groups (broad SMARTS) is 1. The van der Waals surface area contributed by atoms with Crippen LogP contribution >= 0.6 is 0 Å². The molecule has 0 saturated carbocycles. The standard InChI is InChI=1S/C33H34F2N2O4Si/c1-5-42(4)29-16-23(36-12-10-21(34)18-36)6-8-25(29)31(32-27(40-2)14-20(33(38)39)15-28(32)41-3)26-9-7-24(17-30(26)42)37-13-11-22(35)19-37/h5-9,14-17,21-22H,1,10-13,18-19H2,2-4H3. The molecule has 2 aromatic rings. The van der Waals surface area contributed by atoms with Gasteiger partial charge in [-0.15, -0.1) is 6.58 Å². The maximum Gasteiger partial charge on any atom is 0.199 e. The zero-order valence-electron chi connectivity index (χ0n) is 24.1. The van der Waals surface area contributed by atoms with Crippen molar-refractivity contribution >= 4 is 36.2 Å². The van der Waals surface area contributed by atoms with Gasteiger partial charge in [-0.05, 0) is 58.3 Å². The Morgan fingerprint density at radius 1 is 1.12 bits per heavy atom. The van der Waals surface area contributed by atoms with E-state index in [1.807, 2.05) is 12.1 Å². The number of fused-ring (bicyclic) bond motifs is 2. The fourth-order valence-corrected chi connectivity index (χ4v) is 9.87. The van der Waals surface area contributed by atoms with Gasteiger partial charge in [0, 0.05) is 48.5 Å². The van der Waals surface area contributed by atoms with Gasteiger partial charge in [0.1, 0.15) is 32.3 Å². The lowest BCUT2D eigenvalue weighted by Crippen LogP contribution is -2.51.